The van der Waals surface area contributed by atoms with Crippen LogP contribution >= 0.6 is 0 Å². The molecule has 2 rings (SSSR count). The number of aromatic nitrogens is 1. The average Bonchev–Trinajstić information content (AvgIpc) is 2.55. The van der Waals surface area contributed by atoms with E-state index in [1.807, 2.05) is 12.1 Å². The van der Waals surface area contributed by atoms with Gasteiger partial charge in [-0.25, -0.2) is 4.98 Å². The molecule has 0 unspecified atom stereocenters. The van der Waals surface area contributed by atoms with Crippen molar-refractivity contribution in [2.24, 2.45) is 0 Å². The summed E-state index contributed by atoms with van der Waals surface area (Å²) in [7, 11) is 0. The van der Waals surface area contributed by atoms with Crippen LogP contribution in [0.2, 0.25) is 0 Å². The smallest absolute Gasteiger partial charge is 0.252 e. The highest BCUT2D eigenvalue weighted by molar-refractivity contribution is 5.94. The Morgan fingerprint density at radius 1 is 1.13 bits per heavy atom. The molecule has 0 spiro atoms. The second kappa shape index (κ2) is 8.32. The zero-order chi connectivity index (χ0) is 16.7. The highest BCUT2D eigenvalue weighted by atomic mass is 16.1. The first kappa shape index (κ1) is 17.0. The van der Waals surface area contributed by atoms with Gasteiger partial charge in [-0.15, -0.1) is 0 Å². The van der Waals surface area contributed by atoms with Crippen LogP contribution in [0, 0.1) is 13.8 Å². The van der Waals surface area contributed by atoms with Crippen LogP contribution in [0.1, 0.15) is 47.7 Å². The van der Waals surface area contributed by atoms with Crippen molar-refractivity contribution in [3.8, 4) is 0 Å². The Morgan fingerprint density at radius 3 is 2.61 bits per heavy atom. The maximum atomic E-state index is 12.0. The minimum atomic E-state index is -0.0633. The quantitative estimate of drug-likeness (QED) is 0.747. The topological polar surface area (TPSA) is 54.0 Å². The van der Waals surface area contributed by atoms with E-state index in [9.17, 15) is 4.79 Å². The van der Waals surface area contributed by atoms with Gasteiger partial charge in [0.15, 0.2) is 0 Å². The monoisotopic (exact) mass is 311 g/mol. The van der Waals surface area contributed by atoms with Crippen molar-refractivity contribution in [1.29, 1.82) is 0 Å². The van der Waals surface area contributed by atoms with Gasteiger partial charge in [0.25, 0.3) is 5.91 Å². The van der Waals surface area contributed by atoms with Gasteiger partial charge in [-0.1, -0.05) is 37.5 Å². The summed E-state index contributed by atoms with van der Waals surface area (Å²) >= 11 is 0. The molecule has 2 N–H and O–H groups in total. The predicted molar refractivity (Wildman–Crippen MR) is 95.3 cm³/mol. The molecule has 4 nitrogen and oxygen atoms in total. The Kier molecular flexibility index (Phi) is 6.15. The van der Waals surface area contributed by atoms with Gasteiger partial charge < -0.3 is 10.6 Å². The molecule has 0 bridgehead atoms. The molecular formula is C19H25N3O. The van der Waals surface area contributed by atoms with Gasteiger partial charge in [-0.2, -0.15) is 0 Å². The van der Waals surface area contributed by atoms with E-state index in [2.05, 4.69) is 48.5 Å². The molecule has 1 aromatic carbocycles. The van der Waals surface area contributed by atoms with E-state index in [1.165, 1.54) is 11.1 Å². The predicted octanol–water partition coefficient (Wildman–Crippen LogP) is 4.36. The molecule has 23 heavy (non-hydrogen) atoms. The molecule has 122 valence electrons. The van der Waals surface area contributed by atoms with Crippen molar-refractivity contribution in [3.05, 3.63) is 53.2 Å². The van der Waals surface area contributed by atoms with E-state index in [4.69, 9.17) is 0 Å². The van der Waals surface area contributed by atoms with Gasteiger partial charge in [-0.05, 0) is 44.0 Å². The molecular weight excluding hydrogens is 286 g/mol. The molecule has 1 amide bonds. The average molecular weight is 311 g/mol. The summed E-state index contributed by atoms with van der Waals surface area (Å²) in [4.78, 5) is 16.3. The maximum Gasteiger partial charge on any atom is 0.252 e. The summed E-state index contributed by atoms with van der Waals surface area (Å²) < 4.78 is 0. The summed E-state index contributed by atoms with van der Waals surface area (Å²) in [5.74, 6) is 0.672. The summed E-state index contributed by atoms with van der Waals surface area (Å²) in [6.45, 7) is 7.00. The SMILES string of the molecule is CCCCCNC(=O)c1ccc(Nc2ccc(C)cc2C)nc1. The van der Waals surface area contributed by atoms with E-state index in [-0.39, 0.29) is 5.91 Å². The Labute approximate surface area is 138 Å². The first-order chi connectivity index (χ1) is 11.1. The fourth-order valence-electron chi connectivity index (χ4n) is 2.37. The highest BCUT2D eigenvalue weighted by Crippen LogP contribution is 2.20. The normalized spacial score (nSPS) is 10.4. The Morgan fingerprint density at radius 2 is 1.96 bits per heavy atom. The van der Waals surface area contributed by atoms with Crippen LogP contribution in [-0.2, 0) is 0 Å². The van der Waals surface area contributed by atoms with E-state index < -0.39 is 0 Å². The van der Waals surface area contributed by atoms with Crippen LogP contribution in [0.3, 0.4) is 0 Å². The summed E-state index contributed by atoms with van der Waals surface area (Å²) in [5.41, 5.74) is 4.02. The van der Waals surface area contributed by atoms with Gasteiger partial charge in [0.2, 0.25) is 0 Å². The Hall–Kier alpha value is -2.36. The van der Waals surface area contributed by atoms with Crippen LogP contribution in [0.25, 0.3) is 0 Å². The summed E-state index contributed by atoms with van der Waals surface area (Å²) in [6, 6.07) is 9.86. The van der Waals surface area contributed by atoms with Crippen molar-refractivity contribution < 1.29 is 4.79 Å². The maximum absolute atomic E-state index is 12.0. The van der Waals surface area contributed by atoms with E-state index in [1.54, 1.807) is 12.3 Å². The summed E-state index contributed by atoms with van der Waals surface area (Å²) in [5, 5.41) is 6.20. The third-order valence-electron chi connectivity index (χ3n) is 3.74. The van der Waals surface area contributed by atoms with Crippen LogP contribution in [0.4, 0.5) is 11.5 Å². The third-order valence-corrected chi connectivity index (χ3v) is 3.74. The van der Waals surface area contributed by atoms with Crippen LogP contribution in [0.5, 0.6) is 0 Å². The number of carbonyl (C=O) groups excluding carboxylic acids is 1. The molecule has 0 saturated carbocycles. The lowest BCUT2D eigenvalue weighted by atomic mass is 10.1. The fraction of sp³-hybridized carbons (Fsp3) is 0.368. The number of amides is 1. The number of benzene rings is 1. The van der Waals surface area contributed by atoms with E-state index >= 15 is 0 Å². The number of unbranched alkanes of at least 4 members (excludes halogenated alkanes) is 2. The number of hydrogen-bond donors (Lipinski definition) is 2. The van der Waals surface area contributed by atoms with Crippen LogP contribution in [-0.4, -0.2) is 17.4 Å². The summed E-state index contributed by atoms with van der Waals surface area (Å²) in [6.07, 6.45) is 4.91. The lowest BCUT2D eigenvalue weighted by molar-refractivity contribution is 0.0952. The molecule has 0 atom stereocenters. The van der Waals surface area contributed by atoms with Crippen LogP contribution in [0.15, 0.2) is 36.5 Å². The minimum Gasteiger partial charge on any atom is -0.352 e. The number of aryl methyl sites for hydroxylation is 2. The van der Waals surface area contributed by atoms with Crippen molar-refractivity contribution in [1.82, 2.24) is 10.3 Å². The van der Waals surface area contributed by atoms with Crippen molar-refractivity contribution in [2.45, 2.75) is 40.0 Å². The van der Waals surface area contributed by atoms with Gasteiger partial charge in [0.1, 0.15) is 5.82 Å². The largest absolute Gasteiger partial charge is 0.352 e. The van der Waals surface area contributed by atoms with Gasteiger partial charge >= 0.3 is 0 Å². The zero-order valence-electron chi connectivity index (χ0n) is 14.1. The zero-order valence-corrected chi connectivity index (χ0v) is 14.1. The number of rotatable bonds is 7. The molecule has 4 heteroatoms. The van der Waals surface area contributed by atoms with Crippen molar-refractivity contribution >= 4 is 17.4 Å². The first-order valence-corrected chi connectivity index (χ1v) is 8.18. The molecule has 0 radical (unpaired) electrons. The molecule has 1 aromatic heterocycles. The second-order valence-electron chi connectivity index (χ2n) is 5.84. The molecule has 1 heterocycles. The highest BCUT2D eigenvalue weighted by Gasteiger charge is 2.06. The number of pyridine rings is 1. The van der Waals surface area contributed by atoms with E-state index in [0.717, 1.165) is 37.3 Å². The fourth-order valence-corrected chi connectivity index (χ4v) is 2.37. The molecule has 0 aliphatic heterocycles. The Bertz CT molecular complexity index is 650. The molecule has 0 saturated heterocycles. The number of anilines is 2. The second-order valence-corrected chi connectivity index (χ2v) is 5.84. The number of hydrogen-bond acceptors (Lipinski definition) is 3. The minimum absolute atomic E-state index is 0.0633. The molecule has 0 fully saturated rings. The third kappa shape index (κ3) is 5.09. The van der Waals surface area contributed by atoms with Crippen molar-refractivity contribution in [3.63, 3.8) is 0 Å². The van der Waals surface area contributed by atoms with Gasteiger partial charge in [-0.3, -0.25) is 4.79 Å². The number of nitrogens with zero attached hydrogens (tertiary/aromatic N) is 1. The van der Waals surface area contributed by atoms with Gasteiger partial charge in [0.05, 0.1) is 5.56 Å². The number of carbonyl (C=O) groups is 1. The number of nitrogens with one attached hydrogen (secondary N) is 2. The lowest BCUT2D eigenvalue weighted by Crippen LogP contribution is -2.24. The standard InChI is InChI=1S/C19H25N3O/c1-4-5-6-11-20-19(23)16-8-10-18(21-13-16)22-17-9-7-14(2)12-15(17)3/h7-10,12-13H,4-6,11H2,1-3H3,(H,20,23)(H,21,22). The first-order valence-electron chi connectivity index (χ1n) is 8.18. The molecule has 0 aliphatic rings. The Balaban J connectivity index is 1.95. The van der Waals surface area contributed by atoms with Crippen LogP contribution < -0.4 is 10.6 Å². The van der Waals surface area contributed by atoms with Crippen molar-refractivity contribution in [2.75, 3.05) is 11.9 Å². The molecule has 0 aliphatic carbocycles. The molecule has 2 aromatic rings. The lowest BCUT2D eigenvalue weighted by Gasteiger charge is -2.10. The van der Waals surface area contributed by atoms with E-state index in [0.29, 0.717) is 5.56 Å². The van der Waals surface area contributed by atoms with Gasteiger partial charge in [0, 0.05) is 18.4 Å².